The summed E-state index contributed by atoms with van der Waals surface area (Å²) < 4.78 is 32.6. The Morgan fingerprint density at radius 3 is 2.30 bits per heavy atom. The smallest absolute Gasteiger partial charge is 0.273 e. The van der Waals surface area contributed by atoms with Crippen molar-refractivity contribution in [1.82, 2.24) is 10.3 Å². The number of halogens is 2. The minimum atomic E-state index is -0.871. The Balaban J connectivity index is 1.78. The van der Waals surface area contributed by atoms with Crippen LogP contribution in [0.1, 0.15) is 40.1 Å². The predicted molar refractivity (Wildman–Crippen MR) is 98.1 cm³/mol. The van der Waals surface area contributed by atoms with Crippen LogP contribution in [0.25, 0.3) is 11.5 Å². The zero-order valence-corrected chi connectivity index (χ0v) is 15.1. The van der Waals surface area contributed by atoms with Crippen LogP contribution in [0.3, 0.4) is 0 Å². The molecule has 3 rings (SSSR count). The Labute approximate surface area is 155 Å². The number of aryl methyl sites for hydroxylation is 2. The van der Waals surface area contributed by atoms with Crippen molar-refractivity contribution in [3.05, 3.63) is 70.6 Å². The number of aromatic nitrogens is 1. The summed E-state index contributed by atoms with van der Waals surface area (Å²) in [7, 11) is 0. The highest BCUT2D eigenvalue weighted by Crippen LogP contribution is 2.24. The van der Waals surface area contributed by atoms with E-state index in [4.69, 9.17) is 10.2 Å². The summed E-state index contributed by atoms with van der Waals surface area (Å²) in [6.07, 6.45) is 1.25. The van der Waals surface area contributed by atoms with E-state index in [0.29, 0.717) is 5.89 Å². The third-order valence-corrected chi connectivity index (χ3v) is 4.15. The first-order chi connectivity index (χ1) is 12.7. The Kier molecular flexibility index (Phi) is 4.94. The second-order valence-electron chi connectivity index (χ2n) is 6.51. The molecule has 0 bridgehead atoms. The van der Waals surface area contributed by atoms with Crippen LogP contribution in [-0.2, 0) is 0 Å². The maximum Gasteiger partial charge on any atom is 0.273 e. The van der Waals surface area contributed by atoms with Crippen molar-refractivity contribution in [1.29, 1.82) is 0 Å². The van der Waals surface area contributed by atoms with E-state index in [2.05, 4.69) is 10.3 Å². The molecule has 3 N–H and O–H groups in total. The number of nitrogens with zero attached hydrogens (tertiary/aromatic N) is 1. The molecule has 1 atom stereocenters. The maximum atomic E-state index is 13.6. The first-order valence-corrected chi connectivity index (χ1v) is 8.34. The number of nitrogens with one attached hydrogen (secondary N) is 1. The highest BCUT2D eigenvalue weighted by Gasteiger charge is 2.18. The van der Waals surface area contributed by atoms with Crippen LogP contribution in [0.4, 0.5) is 14.5 Å². The largest absolute Gasteiger partial charge is 0.444 e. The Morgan fingerprint density at radius 2 is 1.70 bits per heavy atom. The van der Waals surface area contributed by atoms with Gasteiger partial charge in [-0.15, -0.1) is 0 Å². The van der Waals surface area contributed by atoms with Crippen LogP contribution in [-0.4, -0.2) is 10.9 Å². The third kappa shape index (κ3) is 3.97. The third-order valence-electron chi connectivity index (χ3n) is 4.15. The van der Waals surface area contributed by atoms with Gasteiger partial charge >= 0.3 is 0 Å². The molecule has 0 radical (unpaired) electrons. The first-order valence-electron chi connectivity index (χ1n) is 8.34. The van der Waals surface area contributed by atoms with Crippen molar-refractivity contribution in [2.24, 2.45) is 0 Å². The topological polar surface area (TPSA) is 81.2 Å². The Morgan fingerprint density at radius 1 is 1.11 bits per heavy atom. The van der Waals surface area contributed by atoms with E-state index in [0.717, 1.165) is 28.8 Å². The maximum absolute atomic E-state index is 13.6. The van der Waals surface area contributed by atoms with E-state index < -0.39 is 29.3 Å². The van der Waals surface area contributed by atoms with Crippen molar-refractivity contribution in [3.8, 4) is 11.5 Å². The minimum Gasteiger partial charge on any atom is -0.444 e. The van der Waals surface area contributed by atoms with Crippen molar-refractivity contribution >= 4 is 11.6 Å². The second kappa shape index (κ2) is 7.19. The van der Waals surface area contributed by atoms with E-state index in [1.165, 1.54) is 6.26 Å². The molecule has 0 aliphatic rings. The average Bonchev–Trinajstić information content (AvgIpc) is 3.08. The normalized spacial score (nSPS) is 12.0. The average molecular weight is 371 g/mol. The number of amides is 1. The summed E-state index contributed by atoms with van der Waals surface area (Å²) in [5, 5.41) is 2.64. The molecular formula is C20H19F2N3O2. The fourth-order valence-corrected chi connectivity index (χ4v) is 2.82. The molecule has 1 aromatic heterocycles. The van der Waals surface area contributed by atoms with Gasteiger partial charge in [-0.3, -0.25) is 4.79 Å². The monoisotopic (exact) mass is 371 g/mol. The molecule has 0 aliphatic carbocycles. The van der Waals surface area contributed by atoms with Crippen LogP contribution in [0.15, 0.2) is 41.0 Å². The number of nitrogen functional groups attached to an aromatic ring is 1. The molecule has 0 unspecified atom stereocenters. The summed E-state index contributed by atoms with van der Waals surface area (Å²) in [5.74, 6) is -1.93. The molecule has 0 saturated heterocycles. The van der Waals surface area contributed by atoms with Gasteiger partial charge in [-0.2, -0.15) is 0 Å². The number of rotatable bonds is 4. The number of hydrogen-bond acceptors (Lipinski definition) is 4. The van der Waals surface area contributed by atoms with Crippen molar-refractivity contribution in [3.63, 3.8) is 0 Å². The van der Waals surface area contributed by atoms with E-state index in [1.807, 2.05) is 32.0 Å². The number of anilines is 1. The molecule has 7 heteroatoms. The fraction of sp³-hybridized carbons (Fsp3) is 0.200. The highest BCUT2D eigenvalue weighted by molar-refractivity contribution is 5.92. The van der Waals surface area contributed by atoms with E-state index in [9.17, 15) is 13.6 Å². The van der Waals surface area contributed by atoms with Gasteiger partial charge in [0.2, 0.25) is 5.89 Å². The Hall–Kier alpha value is -3.22. The quantitative estimate of drug-likeness (QED) is 0.670. The number of hydrogen-bond donors (Lipinski definition) is 2. The molecule has 27 heavy (non-hydrogen) atoms. The van der Waals surface area contributed by atoms with Gasteiger partial charge in [0, 0.05) is 5.56 Å². The van der Waals surface area contributed by atoms with Crippen molar-refractivity contribution in [2.45, 2.75) is 26.8 Å². The molecule has 0 spiro atoms. The molecule has 1 heterocycles. The highest BCUT2D eigenvalue weighted by atomic mass is 19.1. The summed E-state index contributed by atoms with van der Waals surface area (Å²) in [6, 6.07) is 7.36. The van der Waals surface area contributed by atoms with Crippen molar-refractivity contribution < 1.29 is 18.0 Å². The lowest BCUT2D eigenvalue weighted by atomic mass is 10.1. The summed E-state index contributed by atoms with van der Waals surface area (Å²) >= 11 is 0. The van der Waals surface area contributed by atoms with Crippen LogP contribution < -0.4 is 11.1 Å². The number of carbonyl (C=O) groups is 1. The van der Waals surface area contributed by atoms with Gasteiger partial charge in [0.25, 0.3) is 5.91 Å². The van der Waals surface area contributed by atoms with Gasteiger partial charge in [0.15, 0.2) is 5.69 Å². The SMILES string of the molecule is Cc1cc(C)cc(-c2nc(C(=O)N[C@H](C)c3cc(F)c(N)c(F)c3)co2)c1. The van der Waals surface area contributed by atoms with E-state index >= 15 is 0 Å². The molecular weight excluding hydrogens is 352 g/mol. The van der Waals surface area contributed by atoms with Gasteiger partial charge in [-0.25, -0.2) is 13.8 Å². The predicted octanol–water partition coefficient (Wildman–Crippen LogP) is 4.31. The number of oxazole rings is 1. The van der Waals surface area contributed by atoms with Gasteiger partial charge in [-0.05, 0) is 50.6 Å². The van der Waals surface area contributed by atoms with Crippen LogP contribution in [0.5, 0.6) is 0 Å². The molecule has 5 nitrogen and oxygen atoms in total. The fourth-order valence-electron chi connectivity index (χ4n) is 2.82. The number of nitrogens with two attached hydrogens (primary N) is 1. The standard InChI is InChI=1S/C20H19F2N3O2/c1-10-4-11(2)6-14(5-10)20-25-17(9-27-20)19(26)24-12(3)13-7-15(21)18(23)16(22)8-13/h4-9,12H,23H2,1-3H3,(H,24,26)/t12-/m1/s1. The van der Waals surface area contributed by atoms with Crippen LogP contribution in [0.2, 0.25) is 0 Å². The van der Waals surface area contributed by atoms with Crippen LogP contribution in [0, 0.1) is 25.5 Å². The molecule has 0 fully saturated rings. The minimum absolute atomic E-state index is 0.0763. The summed E-state index contributed by atoms with van der Waals surface area (Å²) in [4.78, 5) is 16.6. The number of carbonyl (C=O) groups excluding carboxylic acids is 1. The number of benzene rings is 2. The lowest BCUT2D eigenvalue weighted by Crippen LogP contribution is -2.27. The van der Waals surface area contributed by atoms with Crippen LogP contribution >= 0.6 is 0 Å². The van der Waals surface area contributed by atoms with Gasteiger partial charge in [0.05, 0.1) is 6.04 Å². The van der Waals surface area contributed by atoms with Gasteiger partial charge < -0.3 is 15.5 Å². The molecule has 0 aliphatic heterocycles. The Bertz CT molecular complexity index is 971. The first kappa shape index (κ1) is 18.6. The van der Waals surface area contributed by atoms with Gasteiger partial charge in [-0.1, -0.05) is 17.2 Å². The molecule has 140 valence electrons. The summed E-state index contributed by atoms with van der Waals surface area (Å²) in [6.45, 7) is 5.52. The summed E-state index contributed by atoms with van der Waals surface area (Å²) in [5.41, 5.74) is 7.91. The zero-order chi connectivity index (χ0) is 19.7. The second-order valence-corrected chi connectivity index (χ2v) is 6.51. The molecule has 1 amide bonds. The van der Waals surface area contributed by atoms with Gasteiger partial charge in [0.1, 0.15) is 23.6 Å². The molecule has 3 aromatic rings. The lowest BCUT2D eigenvalue weighted by molar-refractivity contribution is 0.0934. The molecule has 0 saturated carbocycles. The van der Waals surface area contributed by atoms with Crippen molar-refractivity contribution in [2.75, 3.05) is 5.73 Å². The van der Waals surface area contributed by atoms with E-state index in [-0.39, 0.29) is 11.3 Å². The lowest BCUT2D eigenvalue weighted by Gasteiger charge is -2.14. The molecule has 2 aromatic carbocycles. The zero-order valence-electron chi connectivity index (χ0n) is 15.1. The van der Waals surface area contributed by atoms with E-state index in [1.54, 1.807) is 6.92 Å².